The van der Waals surface area contributed by atoms with Crippen molar-refractivity contribution in [2.75, 3.05) is 20.6 Å². The van der Waals surface area contributed by atoms with E-state index in [-0.39, 0.29) is 24.0 Å². The number of hydrogen-bond donors (Lipinski definition) is 1. The molecule has 20 heavy (non-hydrogen) atoms. The molecular weight excluding hydrogens is 365 g/mol. The van der Waals surface area contributed by atoms with Crippen LogP contribution in [-0.2, 0) is 13.6 Å². The molecule has 114 valence electrons. The van der Waals surface area contributed by atoms with Crippen molar-refractivity contribution in [3.05, 3.63) is 18.0 Å². The van der Waals surface area contributed by atoms with Gasteiger partial charge in [0.2, 0.25) is 0 Å². The van der Waals surface area contributed by atoms with Crippen LogP contribution in [0.5, 0.6) is 0 Å². The SMILES string of the molecule is CN=C(NCC1CC1(C)C)N(C)Cc1cnn(C)c1.I. The van der Waals surface area contributed by atoms with E-state index in [1.807, 2.05) is 31.2 Å². The van der Waals surface area contributed by atoms with Crippen LogP contribution in [0.25, 0.3) is 0 Å². The molecule has 1 aromatic heterocycles. The summed E-state index contributed by atoms with van der Waals surface area (Å²) in [5.41, 5.74) is 1.70. The molecule has 0 spiro atoms. The van der Waals surface area contributed by atoms with Crippen molar-refractivity contribution >= 4 is 29.9 Å². The highest BCUT2D eigenvalue weighted by molar-refractivity contribution is 14.0. The van der Waals surface area contributed by atoms with Crippen LogP contribution >= 0.6 is 24.0 Å². The van der Waals surface area contributed by atoms with Gasteiger partial charge < -0.3 is 10.2 Å². The number of aryl methyl sites for hydroxylation is 1. The average molecular weight is 391 g/mol. The lowest BCUT2D eigenvalue weighted by Gasteiger charge is -2.21. The maximum Gasteiger partial charge on any atom is 0.193 e. The Morgan fingerprint density at radius 3 is 2.70 bits per heavy atom. The smallest absolute Gasteiger partial charge is 0.193 e. The fraction of sp³-hybridized carbons (Fsp3) is 0.714. The molecule has 1 heterocycles. The zero-order valence-corrected chi connectivity index (χ0v) is 15.4. The predicted octanol–water partition coefficient (Wildman–Crippen LogP) is 2.09. The third-order valence-electron chi connectivity index (χ3n) is 3.98. The number of aliphatic imine (C=N–C) groups is 1. The molecule has 2 rings (SSSR count). The number of guanidine groups is 1. The Morgan fingerprint density at radius 1 is 1.60 bits per heavy atom. The van der Waals surface area contributed by atoms with Crippen LogP contribution in [0.3, 0.4) is 0 Å². The molecule has 1 atom stereocenters. The largest absolute Gasteiger partial charge is 0.356 e. The molecule has 1 aromatic rings. The summed E-state index contributed by atoms with van der Waals surface area (Å²) in [7, 11) is 5.83. The second-order valence-electron chi connectivity index (χ2n) is 6.20. The second-order valence-corrected chi connectivity index (χ2v) is 6.20. The van der Waals surface area contributed by atoms with Crippen molar-refractivity contribution in [2.24, 2.45) is 23.4 Å². The topological polar surface area (TPSA) is 45.5 Å². The minimum Gasteiger partial charge on any atom is -0.356 e. The minimum atomic E-state index is 0. The van der Waals surface area contributed by atoms with Gasteiger partial charge in [-0.25, -0.2) is 0 Å². The van der Waals surface area contributed by atoms with E-state index in [1.165, 1.54) is 12.0 Å². The van der Waals surface area contributed by atoms with E-state index in [0.717, 1.165) is 25.0 Å². The average Bonchev–Trinajstić information content (AvgIpc) is 2.74. The van der Waals surface area contributed by atoms with E-state index in [9.17, 15) is 0 Å². The monoisotopic (exact) mass is 391 g/mol. The Hall–Kier alpha value is -0.790. The summed E-state index contributed by atoms with van der Waals surface area (Å²) in [6.45, 7) is 6.47. The van der Waals surface area contributed by atoms with Crippen LogP contribution in [-0.4, -0.2) is 41.3 Å². The van der Waals surface area contributed by atoms with Gasteiger partial charge in [0.05, 0.1) is 6.20 Å². The van der Waals surface area contributed by atoms with Crippen LogP contribution in [0.15, 0.2) is 17.4 Å². The molecule has 1 N–H and O–H groups in total. The molecule has 0 aliphatic heterocycles. The molecule has 0 saturated heterocycles. The van der Waals surface area contributed by atoms with Gasteiger partial charge in [0.25, 0.3) is 0 Å². The Bertz CT molecular complexity index is 466. The van der Waals surface area contributed by atoms with Crippen molar-refractivity contribution in [3.63, 3.8) is 0 Å². The number of halogens is 1. The predicted molar refractivity (Wildman–Crippen MR) is 93.3 cm³/mol. The summed E-state index contributed by atoms with van der Waals surface area (Å²) in [4.78, 5) is 6.47. The zero-order chi connectivity index (χ0) is 14.0. The Kier molecular flexibility index (Phi) is 5.85. The van der Waals surface area contributed by atoms with Crippen molar-refractivity contribution < 1.29 is 0 Å². The summed E-state index contributed by atoms with van der Waals surface area (Å²) in [5, 5.41) is 7.65. The number of nitrogens with zero attached hydrogens (tertiary/aromatic N) is 4. The van der Waals surface area contributed by atoms with E-state index in [1.54, 1.807) is 0 Å². The van der Waals surface area contributed by atoms with Gasteiger partial charge >= 0.3 is 0 Å². The summed E-state index contributed by atoms with van der Waals surface area (Å²) >= 11 is 0. The highest BCUT2D eigenvalue weighted by Crippen LogP contribution is 2.50. The van der Waals surface area contributed by atoms with Crippen LogP contribution in [0.1, 0.15) is 25.8 Å². The first-order valence-electron chi connectivity index (χ1n) is 6.81. The van der Waals surface area contributed by atoms with E-state index < -0.39 is 0 Å². The zero-order valence-electron chi connectivity index (χ0n) is 13.1. The van der Waals surface area contributed by atoms with E-state index in [0.29, 0.717) is 5.41 Å². The van der Waals surface area contributed by atoms with Gasteiger partial charge in [0, 0.05) is 46.0 Å². The Balaban J connectivity index is 0.00000200. The van der Waals surface area contributed by atoms with Crippen molar-refractivity contribution in [3.8, 4) is 0 Å². The van der Waals surface area contributed by atoms with Gasteiger partial charge in [0.15, 0.2) is 5.96 Å². The number of hydrogen-bond acceptors (Lipinski definition) is 2. The minimum absolute atomic E-state index is 0. The Labute approximate surface area is 138 Å². The van der Waals surface area contributed by atoms with Gasteiger partial charge in [-0.05, 0) is 17.8 Å². The van der Waals surface area contributed by atoms with E-state index >= 15 is 0 Å². The van der Waals surface area contributed by atoms with E-state index in [4.69, 9.17) is 0 Å². The quantitative estimate of drug-likeness (QED) is 0.486. The van der Waals surface area contributed by atoms with Gasteiger partial charge in [-0.15, -0.1) is 24.0 Å². The maximum absolute atomic E-state index is 4.34. The molecule has 5 nitrogen and oxygen atoms in total. The van der Waals surface area contributed by atoms with Crippen molar-refractivity contribution in [1.29, 1.82) is 0 Å². The number of aromatic nitrogens is 2. The maximum atomic E-state index is 4.34. The lowest BCUT2D eigenvalue weighted by atomic mass is 10.1. The van der Waals surface area contributed by atoms with E-state index in [2.05, 4.69) is 41.2 Å². The third-order valence-corrected chi connectivity index (χ3v) is 3.98. The summed E-state index contributed by atoms with van der Waals surface area (Å²) < 4.78 is 1.83. The third kappa shape index (κ3) is 4.36. The summed E-state index contributed by atoms with van der Waals surface area (Å²) in [5.74, 6) is 1.72. The first kappa shape index (κ1) is 17.3. The molecule has 0 bridgehead atoms. The standard InChI is InChI=1S/C14H25N5.HI/c1-14(2)6-12(14)8-16-13(15-3)18(4)9-11-7-17-19(5)10-11;/h7,10,12H,6,8-9H2,1-5H3,(H,15,16);1H. The molecular formula is C14H26IN5. The molecule has 1 unspecified atom stereocenters. The molecule has 0 radical (unpaired) electrons. The van der Waals surface area contributed by atoms with Crippen LogP contribution in [0, 0.1) is 11.3 Å². The van der Waals surface area contributed by atoms with Crippen molar-refractivity contribution in [1.82, 2.24) is 20.0 Å². The highest BCUT2D eigenvalue weighted by Gasteiger charge is 2.45. The van der Waals surface area contributed by atoms with Crippen LogP contribution in [0.4, 0.5) is 0 Å². The fourth-order valence-electron chi connectivity index (χ4n) is 2.43. The van der Waals surface area contributed by atoms with Crippen LogP contribution in [0.2, 0.25) is 0 Å². The second kappa shape index (κ2) is 6.78. The first-order chi connectivity index (χ1) is 8.92. The number of nitrogens with one attached hydrogen (secondary N) is 1. The summed E-state index contributed by atoms with van der Waals surface area (Å²) in [6.07, 6.45) is 5.24. The molecule has 1 aliphatic rings. The summed E-state index contributed by atoms with van der Waals surface area (Å²) in [6, 6.07) is 0. The molecule has 1 aliphatic carbocycles. The van der Waals surface area contributed by atoms with Crippen LogP contribution < -0.4 is 5.32 Å². The molecule has 1 fully saturated rings. The normalized spacial score (nSPS) is 20.2. The highest BCUT2D eigenvalue weighted by atomic mass is 127. The van der Waals surface area contributed by atoms with Gasteiger partial charge in [-0.3, -0.25) is 9.67 Å². The van der Waals surface area contributed by atoms with Crippen molar-refractivity contribution in [2.45, 2.75) is 26.8 Å². The first-order valence-corrected chi connectivity index (χ1v) is 6.81. The van der Waals surface area contributed by atoms with Gasteiger partial charge in [0.1, 0.15) is 0 Å². The number of rotatable bonds is 4. The lowest BCUT2D eigenvalue weighted by molar-refractivity contribution is 0.466. The molecule has 0 aromatic carbocycles. The fourth-order valence-corrected chi connectivity index (χ4v) is 2.43. The molecule has 6 heteroatoms. The van der Waals surface area contributed by atoms with Gasteiger partial charge in [-0.1, -0.05) is 13.8 Å². The van der Waals surface area contributed by atoms with Gasteiger partial charge in [-0.2, -0.15) is 5.10 Å². The molecule has 0 amide bonds. The molecule has 1 saturated carbocycles. The Morgan fingerprint density at radius 2 is 2.25 bits per heavy atom. The lowest BCUT2D eigenvalue weighted by Crippen LogP contribution is -2.39.